The second-order valence-electron chi connectivity index (χ2n) is 11.8. The van der Waals surface area contributed by atoms with E-state index in [9.17, 15) is 9.59 Å². The van der Waals surface area contributed by atoms with Crippen LogP contribution in [0.2, 0.25) is 0 Å². The smallest absolute Gasteiger partial charge is 0.303 e. The third kappa shape index (κ3) is 8.17. The monoisotopic (exact) mass is 596 g/mol. The van der Waals surface area contributed by atoms with E-state index in [1.54, 1.807) is 11.3 Å². The van der Waals surface area contributed by atoms with Crippen LogP contribution in [0.15, 0.2) is 54.6 Å². The second kappa shape index (κ2) is 14.9. The van der Waals surface area contributed by atoms with Gasteiger partial charge < -0.3 is 24.1 Å². The Hall–Kier alpha value is -2.36. The highest BCUT2D eigenvalue weighted by Crippen LogP contribution is 2.42. The van der Waals surface area contributed by atoms with Crippen molar-refractivity contribution in [3.05, 3.63) is 59.5 Å². The van der Waals surface area contributed by atoms with Crippen LogP contribution in [0.5, 0.6) is 0 Å². The van der Waals surface area contributed by atoms with Gasteiger partial charge in [0, 0.05) is 47.5 Å². The Kier molecular flexibility index (Phi) is 11.0. The molecular formula is C34H44O7S. The molecule has 42 heavy (non-hydrogen) atoms. The number of unbranched alkanes of at least 4 members (excludes halogenated alkanes) is 1. The Balaban J connectivity index is 1.39. The number of allylic oxidation sites excluding steroid dienone is 2. The summed E-state index contributed by atoms with van der Waals surface area (Å²) in [6, 6.07) is 10.6. The molecule has 3 unspecified atom stereocenters. The minimum absolute atomic E-state index is 0.128. The number of carbonyl (C=O) groups excluding carboxylic acids is 1. The van der Waals surface area contributed by atoms with E-state index in [0.29, 0.717) is 38.9 Å². The van der Waals surface area contributed by atoms with Gasteiger partial charge in [-0.2, -0.15) is 0 Å². The molecule has 1 saturated carbocycles. The molecule has 2 aliphatic heterocycles. The Morgan fingerprint density at radius 2 is 1.86 bits per heavy atom. The zero-order valence-electron chi connectivity index (χ0n) is 24.6. The summed E-state index contributed by atoms with van der Waals surface area (Å²) in [6.07, 6.45) is 15.8. The number of carboxylic acids is 1. The molecule has 3 fully saturated rings. The summed E-state index contributed by atoms with van der Waals surface area (Å²) in [7, 11) is 0. The van der Waals surface area contributed by atoms with E-state index < -0.39 is 11.6 Å². The van der Waals surface area contributed by atoms with Crippen molar-refractivity contribution in [1.82, 2.24) is 0 Å². The maximum absolute atomic E-state index is 13.4. The number of hydrogen-bond donors (Lipinski definition) is 1. The van der Waals surface area contributed by atoms with Crippen LogP contribution in [0.3, 0.4) is 0 Å². The predicted octanol–water partition coefficient (Wildman–Crippen LogP) is 7.53. The van der Waals surface area contributed by atoms with Crippen molar-refractivity contribution in [3.63, 3.8) is 0 Å². The molecule has 0 spiro atoms. The predicted molar refractivity (Wildman–Crippen MR) is 163 cm³/mol. The van der Waals surface area contributed by atoms with Gasteiger partial charge in [0.1, 0.15) is 11.4 Å². The van der Waals surface area contributed by atoms with Gasteiger partial charge in [0.2, 0.25) is 0 Å². The number of benzene rings is 1. The van der Waals surface area contributed by atoms with Crippen molar-refractivity contribution in [1.29, 1.82) is 0 Å². The highest BCUT2D eigenvalue weighted by atomic mass is 32.1. The minimum atomic E-state index is -0.785. The molecule has 0 bridgehead atoms. The van der Waals surface area contributed by atoms with Crippen LogP contribution < -0.4 is 0 Å². The lowest BCUT2D eigenvalue weighted by Crippen LogP contribution is -2.34. The highest BCUT2D eigenvalue weighted by Gasteiger charge is 2.43. The molecule has 6 atom stereocenters. The summed E-state index contributed by atoms with van der Waals surface area (Å²) in [5.41, 5.74) is -0.736. The van der Waals surface area contributed by atoms with Crippen molar-refractivity contribution in [3.8, 4) is 0 Å². The second-order valence-corrected chi connectivity index (χ2v) is 12.9. The van der Waals surface area contributed by atoms with E-state index in [1.807, 2.05) is 12.2 Å². The molecule has 1 N–H and O–H groups in total. The summed E-state index contributed by atoms with van der Waals surface area (Å²) in [6.45, 7) is 3.49. The molecule has 1 aliphatic carbocycles. The molecule has 228 valence electrons. The van der Waals surface area contributed by atoms with Crippen molar-refractivity contribution >= 4 is 33.2 Å². The number of aliphatic carboxylic acids is 1. The average Bonchev–Trinajstić information content (AvgIpc) is 3.56. The van der Waals surface area contributed by atoms with Crippen molar-refractivity contribution in [2.45, 2.75) is 102 Å². The molecular weight excluding hydrogens is 552 g/mol. The Morgan fingerprint density at radius 3 is 2.57 bits per heavy atom. The van der Waals surface area contributed by atoms with Gasteiger partial charge in [-0.25, -0.2) is 0 Å². The molecule has 8 heteroatoms. The summed E-state index contributed by atoms with van der Waals surface area (Å²) in [4.78, 5) is 25.3. The van der Waals surface area contributed by atoms with E-state index in [0.717, 1.165) is 43.4 Å². The van der Waals surface area contributed by atoms with Crippen LogP contribution in [0, 0.1) is 11.8 Å². The normalized spacial score (nSPS) is 28.6. The van der Waals surface area contributed by atoms with Crippen LogP contribution in [0.1, 0.15) is 82.4 Å². The molecule has 7 nitrogen and oxygen atoms in total. The first-order valence-electron chi connectivity index (χ1n) is 15.6. The molecule has 0 amide bonds. The lowest BCUT2D eigenvalue weighted by molar-refractivity contribution is -0.209. The van der Waals surface area contributed by atoms with Crippen LogP contribution in [-0.2, 0) is 34.1 Å². The summed E-state index contributed by atoms with van der Waals surface area (Å²) in [5, 5.41) is 10.1. The molecule has 3 heterocycles. The Bertz CT molecular complexity index is 1210. The van der Waals surface area contributed by atoms with Gasteiger partial charge in [-0.15, -0.1) is 11.3 Å². The van der Waals surface area contributed by atoms with E-state index in [4.69, 9.17) is 24.1 Å². The standard InChI is InChI=1S/C34H44O7S/c1-34(41-33-17-9-11-21-39-33,30-22-24-12-6-7-14-29(24)42-30)19-18-26-25(13-4-2-3-5-15-31(36)37)27(35)23-28(26)40-32-16-8-10-20-38-32/h2,4,6-7,12,14,18-19,22,25-26,28,32-33H,3,5,8-11,13,15-17,20-21,23H2,1H3,(H,36,37)/b4-2-,19-18+/t25-,26-,28-,32?,33?,34?/m1/s1. The Labute approximate surface area is 252 Å². The number of hydrogen-bond acceptors (Lipinski definition) is 7. The number of carbonyl (C=O) groups is 2. The zero-order chi connectivity index (χ0) is 29.4. The van der Waals surface area contributed by atoms with Crippen LogP contribution in [-0.4, -0.2) is 48.8 Å². The number of ether oxygens (including phenoxy) is 4. The first-order chi connectivity index (χ1) is 20.4. The molecule has 1 aromatic heterocycles. The van der Waals surface area contributed by atoms with Crippen LogP contribution >= 0.6 is 11.3 Å². The fraction of sp³-hybridized carbons (Fsp3) is 0.588. The molecule has 1 aromatic carbocycles. The third-order valence-electron chi connectivity index (χ3n) is 8.56. The quantitative estimate of drug-likeness (QED) is 0.189. The third-order valence-corrected chi connectivity index (χ3v) is 9.89. The van der Waals surface area contributed by atoms with E-state index in [1.165, 1.54) is 10.1 Å². The van der Waals surface area contributed by atoms with Gasteiger partial charge in [0.15, 0.2) is 12.6 Å². The van der Waals surface area contributed by atoms with Crippen LogP contribution in [0.25, 0.3) is 10.1 Å². The lowest BCUT2D eigenvalue weighted by atomic mass is 9.88. The van der Waals surface area contributed by atoms with Crippen molar-refractivity contribution < 1.29 is 33.6 Å². The highest BCUT2D eigenvalue weighted by molar-refractivity contribution is 7.19. The SMILES string of the molecule is CC(/C=C/[C@H]1[C@H](OC2CCCCO2)CC(=O)[C@@H]1C/C=C\CCCC(=O)O)(OC1CCCCO1)c1cc2ccccc2s1. The fourth-order valence-corrected chi connectivity index (χ4v) is 7.30. The minimum Gasteiger partial charge on any atom is -0.481 e. The van der Waals surface area contributed by atoms with Gasteiger partial charge in [-0.05, 0) is 82.2 Å². The van der Waals surface area contributed by atoms with Gasteiger partial charge >= 0.3 is 5.97 Å². The van der Waals surface area contributed by atoms with Gasteiger partial charge in [-0.3, -0.25) is 9.59 Å². The summed E-state index contributed by atoms with van der Waals surface area (Å²) >= 11 is 1.73. The van der Waals surface area contributed by atoms with E-state index in [2.05, 4.69) is 49.4 Å². The lowest BCUT2D eigenvalue weighted by Gasteiger charge is -2.34. The van der Waals surface area contributed by atoms with Crippen molar-refractivity contribution in [2.24, 2.45) is 11.8 Å². The van der Waals surface area contributed by atoms with E-state index in [-0.39, 0.29) is 42.7 Å². The molecule has 0 radical (unpaired) electrons. The molecule has 2 aromatic rings. The van der Waals surface area contributed by atoms with Gasteiger partial charge in [0.05, 0.1) is 6.10 Å². The van der Waals surface area contributed by atoms with E-state index >= 15 is 0 Å². The maximum Gasteiger partial charge on any atom is 0.303 e. The summed E-state index contributed by atoms with van der Waals surface area (Å²) in [5.74, 6) is -0.938. The number of thiophene rings is 1. The molecule has 2 saturated heterocycles. The van der Waals surface area contributed by atoms with Gasteiger partial charge in [-0.1, -0.05) is 42.5 Å². The average molecular weight is 597 g/mol. The number of carboxylic acid groups (broad SMARTS) is 1. The number of ketones is 1. The number of fused-ring (bicyclic) bond motifs is 1. The topological polar surface area (TPSA) is 91.3 Å². The fourth-order valence-electron chi connectivity index (χ4n) is 6.17. The summed E-state index contributed by atoms with van der Waals surface area (Å²) < 4.78 is 26.3. The van der Waals surface area contributed by atoms with Crippen molar-refractivity contribution in [2.75, 3.05) is 13.2 Å². The first kappa shape index (κ1) is 31.1. The first-order valence-corrected chi connectivity index (χ1v) is 16.4. The maximum atomic E-state index is 13.4. The van der Waals surface area contributed by atoms with Gasteiger partial charge in [0.25, 0.3) is 0 Å². The molecule has 3 aliphatic rings. The van der Waals surface area contributed by atoms with Crippen LogP contribution in [0.4, 0.5) is 0 Å². The molecule has 5 rings (SSSR count). The Morgan fingerprint density at radius 1 is 1.10 bits per heavy atom. The zero-order valence-corrected chi connectivity index (χ0v) is 25.4. The largest absolute Gasteiger partial charge is 0.481 e. The number of rotatable bonds is 13. The number of Topliss-reactive ketones (excluding diaryl/α,β-unsaturated/α-hetero) is 1.